The van der Waals surface area contributed by atoms with Gasteiger partial charge < -0.3 is 0 Å². The number of aryl methyl sites for hydroxylation is 1. The minimum atomic E-state index is 0.840. The average molecular weight is 142 g/mol. The number of benzene rings is 1. The van der Waals surface area contributed by atoms with E-state index in [1.807, 2.05) is 12.1 Å². The van der Waals surface area contributed by atoms with Gasteiger partial charge in [0, 0.05) is 0 Å². The fourth-order valence-electron chi connectivity index (χ4n) is 0.753. The molecule has 0 amide bonds. The van der Waals surface area contributed by atoms with Crippen LogP contribution in [0.3, 0.4) is 0 Å². The molecule has 1 rings (SSSR count). The highest BCUT2D eigenvalue weighted by atomic mass is 13.9. The molecular weight excluding hydrogens is 131 g/mol. The van der Waals surface area contributed by atoms with E-state index in [9.17, 15) is 0 Å². The van der Waals surface area contributed by atoms with Gasteiger partial charge in [0.1, 0.15) is 7.85 Å². The van der Waals surface area contributed by atoms with E-state index in [0.717, 1.165) is 11.9 Å². The highest BCUT2D eigenvalue weighted by molar-refractivity contribution is 6.32. The summed E-state index contributed by atoms with van der Waals surface area (Å²) in [6.07, 6.45) is 9.08. The van der Waals surface area contributed by atoms with Crippen LogP contribution in [0.15, 0.2) is 24.3 Å². The summed E-state index contributed by atoms with van der Waals surface area (Å²) in [7, 11) is 5.48. The highest BCUT2D eigenvalue weighted by Crippen LogP contribution is 1.95. The van der Waals surface area contributed by atoms with E-state index in [1.54, 1.807) is 0 Å². The molecule has 1 heteroatoms. The van der Waals surface area contributed by atoms with Crippen LogP contribution in [-0.4, -0.2) is 7.85 Å². The van der Waals surface area contributed by atoms with Crippen LogP contribution in [-0.2, 0) is 6.42 Å². The van der Waals surface area contributed by atoms with Crippen LogP contribution in [0.1, 0.15) is 12.5 Å². The Morgan fingerprint density at radius 2 is 1.64 bits per heavy atom. The monoisotopic (exact) mass is 142 g/mol. The topological polar surface area (TPSA) is 0 Å². The van der Waals surface area contributed by atoms with Crippen molar-refractivity contribution in [2.45, 2.75) is 13.3 Å². The number of rotatable bonds is 1. The van der Waals surface area contributed by atoms with Gasteiger partial charge >= 0.3 is 0 Å². The van der Waals surface area contributed by atoms with Gasteiger partial charge in [-0.1, -0.05) is 36.7 Å². The molecule has 11 heavy (non-hydrogen) atoms. The minimum Gasteiger partial charge on any atom is -0.124 e. The Hall–Kier alpha value is -1.16. The van der Waals surface area contributed by atoms with E-state index in [-0.39, 0.29) is 0 Å². The molecule has 0 heterocycles. The van der Waals surface area contributed by atoms with Gasteiger partial charge in [0.2, 0.25) is 0 Å². The van der Waals surface area contributed by atoms with E-state index >= 15 is 0 Å². The molecule has 0 atom stereocenters. The molecule has 1 aromatic rings. The molecule has 0 bridgehead atoms. The Kier molecular flexibility index (Phi) is 5.03. The summed E-state index contributed by atoms with van der Waals surface area (Å²) < 4.78 is 0. The Bertz CT molecular complexity index is 208. The molecule has 54 valence electrons. The quantitative estimate of drug-likeness (QED) is 0.409. The average Bonchev–Trinajstić information content (AvgIpc) is 2.10. The molecule has 0 saturated carbocycles. The molecule has 2 radical (unpaired) electrons. The maximum Gasteiger partial charge on any atom is 0.113 e. The summed E-state index contributed by atoms with van der Waals surface area (Å²) in [5, 5.41) is 0. The van der Waals surface area contributed by atoms with Crippen LogP contribution in [0, 0.1) is 12.8 Å². The summed E-state index contributed by atoms with van der Waals surface area (Å²) in [6.45, 7) is 2.13. The minimum absolute atomic E-state index is 0.840. The Labute approximate surface area is 70.0 Å². The van der Waals surface area contributed by atoms with E-state index in [1.165, 1.54) is 5.56 Å². The fraction of sp³-hybridized carbons (Fsp3) is 0.200. The van der Waals surface area contributed by atoms with E-state index in [2.05, 4.69) is 31.9 Å². The highest BCUT2D eigenvalue weighted by Gasteiger charge is 1.84. The second-order valence-corrected chi connectivity index (χ2v) is 2.10. The molecule has 0 fully saturated rings. The first-order chi connectivity index (χ1) is 5.33. The summed E-state index contributed by atoms with van der Waals surface area (Å²) in [6, 6.07) is 7.96. The SMILES string of the molecule is C#C.[B]c1ccc(CC)cc1. The molecule has 0 nitrogen and oxygen atoms in total. The largest absolute Gasteiger partial charge is 0.124 e. The zero-order valence-electron chi connectivity index (χ0n) is 6.75. The van der Waals surface area contributed by atoms with Crippen LogP contribution in [0.2, 0.25) is 0 Å². The van der Waals surface area contributed by atoms with Gasteiger partial charge in [-0.25, -0.2) is 0 Å². The molecule has 0 N–H and O–H groups in total. The Morgan fingerprint density at radius 3 is 2.00 bits per heavy atom. The summed E-state index contributed by atoms with van der Waals surface area (Å²) in [5.74, 6) is 0. The van der Waals surface area contributed by atoms with Crippen molar-refractivity contribution in [3.05, 3.63) is 29.8 Å². The van der Waals surface area contributed by atoms with Crippen LogP contribution in [0.25, 0.3) is 0 Å². The first-order valence-corrected chi connectivity index (χ1v) is 3.50. The predicted molar refractivity (Wildman–Crippen MR) is 51.1 cm³/mol. The molecule has 0 aliphatic rings. The molecule has 0 aromatic heterocycles. The third-order valence-corrected chi connectivity index (χ3v) is 1.39. The summed E-state index contributed by atoms with van der Waals surface area (Å²) in [4.78, 5) is 0. The van der Waals surface area contributed by atoms with Gasteiger partial charge in [0.15, 0.2) is 0 Å². The Morgan fingerprint density at radius 1 is 1.18 bits per heavy atom. The van der Waals surface area contributed by atoms with Crippen LogP contribution in [0.5, 0.6) is 0 Å². The van der Waals surface area contributed by atoms with Gasteiger partial charge in [0.05, 0.1) is 0 Å². The molecule has 0 saturated heterocycles. The van der Waals surface area contributed by atoms with Crippen molar-refractivity contribution in [1.29, 1.82) is 0 Å². The van der Waals surface area contributed by atoms with Crippen molar-refractivity contribution in [2.75, 3.05) is 0 Å². The lowest BCUT2D eigenvalue weighted by molar-refractivity contribution is 1.14. The first kappa shape index (κ1) is 9.84. The van der Waals surface area contributed by atoms with Gasteiger partial charge in [-0.3, -0.25) is 0 Å². The van der Waals surface area contributed by atoms with Crippen LogP contribution >= 0.6 is 0 Å². The van der Waals surface area contributed by atoms with Crippen LogP contribution < -0.4 is 5.46 Å². The van der Waals surface area contributed by atoms with Crippen molar-refractivity contribution in [1.82, 2.24) is 0 Å². The Balaban J connectivity index is 0.000000461. The fourth-order valence-corrected chi connectivity index (χ4v) is 0.753. The molecule has 0 aliphatic carbocycles. The van der Waals surface area contributed by atoms with Gasteiger partial charge in [-0.2, -0.15) is 0 Å². The third-order valence-electron chi connectivity index (χ3n) is 1.39. The molecule has 0 aliphatic heterocycles. The smallest absolute Gasteiger partial charge is 0.113 e. The van der Waals surface area contributed by atoms with Crippen molar-refractivity contribution in [3.8, 4) is 12.8 Å². The molecule has 0 spiro atoms. The third kappa shape index (κ3) is 3.52. The van der Waals surface area contributed by atoms with Crippen molar-refractivity contribution in [3.63, 3.8) is 0 Å². The number of terminal acetylenes is 1. The van der Waals surface area contributed by atoms with E-state index in [4.69, 9.17) is 7.85 Å². The lowest BCUT2D eigenvalue weighted by atomic mass is 9.95. The second-order valence-electron chi connectivity index (χ2n) is 2.10. The lowest BCUT2D eigenvalue weighted by Gasteiger charge is -1.94. The molecule has 0 unspecified atom stereocenters. The first-order valence-electron chi connectivity index (χ1n) is 3.50. The van der Waals surface area contributed by atoms with Crippen molar-refractivity contribution >= 4 is 13.3 Å². The van der Waals surface area contributed by atoms with Gasteiger partial charge in [-0.05, 0) is 12.0 Å². The van der Waals surface area contributed by atoms with Crippen molar-refractivity contribution in [2.24, 2.45) is 0 Å². The number of hydrogen-bond donors (Lipinski definition) is 0. The molecule has 1 aromatic carbocycles. The lowest BCUT2D eigenvalue weighted by Crippen LogP contribution is -1.99. The number of hydrogen-bond acceptors (Lipinski definition) is 0. The zero-order chi connectivity index (χ0) is 8.69. The zero-order valence-corrected chi connectivity index (χ0v) is 6.75. The summed E-state index contributed by atoms with van der Waals surface area (Å²) in [5.41, 5.74) is 2.18. The van der Waals surface area contributed by atoms with Crippen molar-refractivity contribution < 1.29 is 0 Å². The summed E-state index contributed by atoms with van der Waals surface area (Å²) >= 11 is 0. The van der Waals surface area contributed by atoms with Gasteiger partial charge in [0.25, 0.3) is 0 Å². The predicted octanol–water partition coefficient (Wildman–Crippen LogP) is 1.29. The molecular formula is C10H11B. The maximum atomic E-state index is 5.48. The van der Waals surface area contributed by atoms with E-state index in [0.29, 0.717) is 0 Å². The standard InChI is InChI=1S/C8H9B.C2H2/c1-2-7-3-5-8(9)6-4-7;1-2/h3-6H,2H2,1H3;1-2H. The van der Waals surface area contributed by atoms with Crippen LogP contribution in [0.4, 0.5) is 0 Å². The van der Waals surface area contributed by atoms with Gasteiger partial charge in [-0.15, -0.1) is 12.8 Å². The normalized spacial score (nSPS) is 7.91. The second kappa shape index (κ2) is 5.62. The van der Waals surface area contributed by atoms with E-state index < -0.39 is 0 Å². The maximum absolute atomic E-state index is 5.48.